The lowest BCUT2D eigenvalue weighted by Gasteiger charge is -2.37. The summed E-state index contributed by atoms with van der Waals surface area (Å²) in [5.74, 6) is 0.724. The first kappa shape index (κ1) is 20.0. The second-order valence-electron chi connectivity index (χ2n) is 6.71. The molecule has 7 heteroatoms. The van der Waals surface area contributed by atoms with Crippen LogP contribution in [0.4, 0.5) is 5.69 Å². The summed E-state index contributed by atoms with van der Waals surface area (Å²) >= 11 is 0. The second kappa shape index (κ2) is 9.38. The average Bonchev–Trinajstić information content (AvgIpc) is 3.10. The standard InChI is InChI=1S/C18H28N4O2.ClH/c1-14-3-4-17(24-2)16(11-14)20-18(23)13-21-7-9-22(10-8-21)15-5-6-19-12-15;/h3-4,11,15,19H,5-10,12-13H2,1-2H3,(H,20,23);1H. The van der Waals surface area contributed by atoms with E-state index in [9.17, 15) is 4.79 Å². The van der Waals surface area contributed by atoms with Crippen molar-refractivity contribution in [2.24, 2.45) is 0 Å². The summed E-state index contributed by atoms with van der Waals surface area (Å²) in [6.45, 7) is 8.68. The number of methoxy groups -OCH3 is 1. The molecule has 1 aromatic carbocycles. The number of amides is 1. The van der Waals surface area contributed by atoms with E-state index in [1.807, 2.05) is 25.1 Å². The molecule has 2 fully saturated rings. The van der Waals surface area contributed by atoms with Crippen LogP contribution in [-0.2, 0) is 4.79 Å². The molecule has 6 nitrogen and oxygen atoms in total. The number of benzene rings is 1. The zero-order valence-corrected chi connectivity index (χ0v) is 15.9. The van der Waals surface area contributed by atoms with Crippen LogP contribution in [0.15, 0.2) is 18.2 Å². The maximum atomic E-state index is 12.4. The number of carbonyl (C=O) groups is 1. The van der Waals surface area contributed by atoms with E-state index in [-0.39, 0.29) is 18.3 Å². The van der Waals surface area contributed by atoms with Gasteiger partial charge in [0.2, 0.25) is 5.91 Å². The van der Waals surface area contributed by atoms with Crippen molar-refractivity contribution in [2.45, 2.75) is 19.4 Å². The molecule has 0 radical (unpaired) electrons. The Morgan fingerprint density at radius 3 is 2.72 bits per heavy atom. The molecule has 1 amide bonds. The van der Waals surface area contributed by atoms with Crippen molar-refractivity contribution in [1.82, 2.24) is 15.1 Å². The molecular weight excluding hydrogens is 340 g/mol. The largest absolute Gasteiger partial charge is 0.495 e. The number of nitrogens with zero attached hydrogens (tertiary/aromatic N) is 2. The molecule has 140 valence electrons. The van der Waals surface area contributed by atoms with Crippen molar-refractivity contribution in [3.63, 3.8) is 0 Å². The number of aryl methyl sites for hydroxylation is 1. The van der Waals surface area contributed by atoms with E-state index < -0.39 is 0 Å². The molecule has 1 aromatic rings. The highest BCUT2D eigenvalue weighted by Gasteiger charge is 2.26. The van der Waals surface area contributed by atoms with Gasteiger partial charge in [0, 0.05) is 38.8 Å². The van der Waals surface area contributed by atoms with Gasteiger partial charge < -0.3 is 15.4 Å². The maximum absolute atomic E-state index is 12.4. The first-order valence-corrected chi connectivity index (χ1v) is 8.77. The summed E-state index contributed by atoms with van der Waals surface area (Å²) in [7, 11) is 1.62. The molecule has 1 unspecified atom stereocenters. The van der Waals surface area contributed by atoms with Gasteiger partial charge >= 0.3 is 0 Å². The van der Waals surface area contributed by atoms with Gasteiger partial charge in [-0.3, -0.25) is 14.6 Å². The van der Waals surface area contributed by atoms with Gasteiger partial charge in [-0.2, -0.15) is 0 Å². The number of anilines is 1. The Hall–Kier alpha value is -1.34. The molecule has 2 aliphatic rings. The Morgan fingerprint density at radius 1 is 1.32 bits per heavy atom. The molecule has 1 atom stereocenters. The number of carbonyl (C=O) groups excluding carboxylic acids is 1. The van der Waals surface area contributed by atoms with Gasteiger partial charge in [-0.15, -0.1) is 12.4 Å². The fraction of sp³-hybridized carbons (Fsp3) is 0.611. The Morgan fingerprint density at radius 2 is 2.08 bits per heavy atom. The van der Waals surface area contributed by atoms with Crippen molar-refractivity contribution in [3.8, 4) is 5.75 Å². The number of hydrogen-bond donors (Lipinski definition) is 2. The Labute approximate surface area is 156 Å². The topological polar surface area (TPSA) is 56.8 Å². The summed E-state index contributed by atoms with van der Waals surface area (Å²) in [5, 5.41) is 6.41. The third kappa shape index (κ3) is 5.31. The summed E-state index contributed by atoms with van der Waals surface area (Å²) in [4.78, 5) is 17.2. The predicted molar refractivity (Wildman–Crippen MR) is 103 cm³/mol. The molecule has 2 N–H and O–H groups in total. The smallest absolute Gasteiger partial charge is 0.238 e. The minimum absolute atomic E-state index is 0. The van der Waals surface area contributed by atoms with Gasteiger partial charge in [0.05, 0.1) is 19.3 Å². The molecule has 3 rings (SSSR count). The van der Waals surface area contributed by atoms with Crippen LogP contribution in [0.3, 0.4) is 0 Å². The van der Waals surface area contributed by atoms with Gasteiger partial charge in [0.15, 0.2) is 0 Å². The fourth-order valence-corrected chi connectivity index (χ4v) is 3.55. The van der Waals surface area contributed by atoms with Gasteiger partial charge in [-0.1, -0.05) is 6.07 Å². The molecular formula is C18H29ClN4O2. The molecule has 0 bridgehead atoms. The van der Waals surface area contributed by atoms with Gasteiger partial charge in [-0.05, 0) is 37.6 Å². The quantitative estimate of drug-likeness (QED) is 0.821. The number of ether oxygens (including phenoxy) is 1. The number of halogens is 1. The van der Waals surface area contributed by atoms with Crippen molar-refractivity contribution in [1.29, 1.82) is 0 Å². The molecule has 25 heavy (non-hydrogen) atoms. The second-order valence-corrected chi connectivity index (χ2v) is 6.71. The van der Waals surface area contributed by atoms with Gasteiger partial charge in [-0.25, -0.2) is 0 Å². The van der Waals surface area contributed by atoms with Gasteiger partial charge in [0.1, 0.15) is 5.75 Å². The van der Waals surface area contributed by atoms with E-state index in [1.165, 1.54) is 6.42 Å². The maximum Gasteiger partial charge on any atom is 0.238 e. The molecule has 2 aliphatic heterocycles. The minimum Gasteiger partial charge on any atom is -0.495 e. The molecule has 0 aliphatic carbocycles. The summed E-state index contributed by atoms with van der Waals surface area (Å²) in [6.07, 6.45) is 1.24. The molecule has 0 spiro atoms. The summed E-state index contributed by atoms with van der Waals surface area (Å²) in [6, 6.07) is 6.49. The highest BCUT2D eigenvalue weighted by molar-refractivity contribution is 5.93. The van der Waals surface area contributed by atoms with E-state index in [0.717, 1.165) is 50.5 Å². The zero-order valence-electron chi connectivity index (χ0n) is 15.1. The predicted octanol–water partition coefficient (Wildman–Crippen LogP) is 1.34. The molecule has 2 heterocycles. The Kier molecular flexibility index (Phi) is 7.50. The third-order valence-electron chi connectivity index (χ3n) is 4.95. The monoisotopic (exact) mass is 368 g/mol. The van der Waals surface area contributed by atoms with Crippen LogP contribution in [0.2, 0.25) is 0 Å². The first-order chi connectivity index (χ1) is 11.7. The van der Waals surface area contributed by atoms with Crippen molar-refractivity contribution < 1.29 is 9.53 Å². The van der Waals surface area contributed by atoms with Crippen molar-refractivity contribution in [3.05, 3.63) is 23.8 Å². The number of hydrogen-bond acceptors (Lipinski definition) is 5. The van der Waals surface area contributed by atoms with E-state index in [1.54, 1.807) is 7.11 Å². The Bertz CT molecular complexity index is 570. The van der Waals surface area contributed by atoms with Crippen LogP contribution in [-0.4, -0.2) is 74.7 Å². The van der Waals surface area contributed by atoms with Crippen LogP contribution in [0.5, 0.6) is 5.75 Å². The van der Waals surface area contributed by atoms with E-state index in [2.05, 4.69) is 20.4 Å². The first-order valence-electron chi connectivity index (χ1n) is 8.77. The average molecular weight is 369 g/mol. The summed E-state index contributed by atoms with van der Waals surface area (Å²) in [5.41, 5.74) is 1.85. The van der Waals surface area contributed by atoms with E-state index in [4.69, 9.17) is 4.74 Å². The SMILES string of the molecule is COc1ccc(C)cc1NC(=O)CN1CCN(C2CCNC2)CC1.Cl. The number of nitrogens with one attached hydrogen (secondary N) is 2. The lowest BCUT2D eigenvalue weighted by atomic mass is 10.2. The van der Waals surface area contributed by atoms with Crippen LogP contribution >= 0.6 is 12.4 Å². The third-order valence-corrected chi connectivity index (χ3v) is 4.95. The van der Waals surface area contributed by atoms with Crippen LogP contribution in [0.25, 0.3) is 0 Å². The van der Waals surface area contributed by atoms with Crippen molar-refractivity contribution in [2.75, 3.05) is 58.2 Å². The highest BCUT2D eigenvalue weighted by Crippen LogP contribution is 2.25. The minimum atomic E-state index is 0. The lowest BCUT2D eigenvalue weighted by Crippen LogP contribution is -2.52. The van der Waals surface area contributed by atoms with Crippen LogP contribution in [0.1, 0.15) is 12.0 Å². The highest BCUT2D eigenvalue weighted by atomic mass is 35.5. The van der Waals surface area contributed by atoms with Crippen molar-refractivity contribution >= 4 is 24.0 Å². The van der Waals surface area contributed by atoms with Crippen LogP contribution in [0, 0.1) is 6.92 Å². The molecule has 0 saturated carbocycles. The van der Waals surface area contributed by atoms with E-state index >= 15 is 0 Å². The number of rotatable bonds is 5. The van der Waals surface area contributed by atoms with Crippen LogP contribution < -0.4 is 15.4 Å². The van der Waals surface area contributed by atoms with Gasteiger partial charge in [0.25, 0.3) is 0 Å². The summed E-state index contributed by atoms with van der Waals surface area (Å²) < 4.78 is 5.32. The normalized spacial score (nSPS) is 21.6. The zero-order chi connectivity index (χ0) is 16.9. The van der Waals surface area contributed by atoms with E-state index in [0.29, 0.717) is 18.3 Å². The molecule has 2 saturated heterocycles. The fourth-order valence-electron chi connectivity index (χ4n) is 3.55. The molecule has 0 aromatic heterocycles. The Balaban J connectivity index is 0.00000225. The lowest BCUT2D eigenvalue weighted by molar-refractivity contribution is -0.117. The number of piperazine rings is 1.